The zero-order valence-corrected chi connectivity index (χ0v) is 14.9. The van der Waals surface area contributed by atoms with Gasteiger partial charge in [0, 0.05) is 12.1 Å². The van der Waals surface area contributed by atoms with E-state index in [1.165, 1.54) is 18.2 Å². The minimum Gasteiger partial charge on any atom is -0.478 e. The number of carboxylic acids is 1. The first-order chi connectivity index (χ1) is 10.7. The van der Waals surface area contributed by atoms with Crippen molar-refractivity contribution in [2.75, 3.05) is 5.32 Å². The number of carboxylic acid groups (broad SMARTS) is 1. The Hall–Kier alpha value is -1.60. The van der Waals surface area contributed by atoms with Crippen molar-refractivity contribution < 1.29 is 18.3 Å². The summed E-state index contributed by atoms with van der Waals surface area (Å²) in [5.74, 6) is -1.15. The highest BCUT2D eigenvalue weighted by Gasteiger charge is 2.23. The lowest BCUT2D eigenvalue weighted by Crippen LogP contribution is -2.33. The Labute approximate surface area is 138 Å². The van der Waals surface area contributed by atoms with E-state index in [0.717, 1.165) is 12.8 Å². The van der Waals surface area contributed by atoms with Crippen LogP contribution in [-0.2, 0) is 10.0 Å². The van der Waals surface area contributed by atoms with Crippen LogP contribution in [0.2, 0.25) is 0 Å². The van der Waals surface area contributed by atoms with Gasteiger partial charge in [0.1, 0.15) is 4.90 Å². The monoisotopic (exact) mass is 342 g/mol. The molecule has 0 amide bonds. The van der Waals surface area contributed by atoms with Crippen molar-refractivity contribution in [1.29, 1.82) is 0 Å². The van der Waals surface area contributed by atoms with Crippen LogP contribution in [0.25, 0.3) is 0 Å². The lowest BCUT2D eigenvalue weighted by atomic mass is 10.2. The fraction of sp³-hybridized carbons (Fsp3) is 0.562. The maximum Gasteiger partial charge on any atom is 0.335 e. The van der Waals surface area contributed by atoms with E-state index in [1.807, 2.05) is 20.8 Å². The third-order valence-electron chi connectivity index (χ3n) is 3.61. The van der Waals surface area contributed by atoms with E-state index < -0.39 is 16.0 Å². The zero-order valence-electron chi connectivity index (χ0n) is 14.1. The van der Waals surface area contributed by atoms with Crippen molar-refractivity contribution in [1.82, 2.24) is 4.72 Å². The SMILES string of the molecule is CCC[C@H](C)NS(=O)(=O)c1cc(C(=O)O)ccc1N[C@@H](C)CC. The average molecular weight is 342 g/mol. The van der Waals surface area contributed by atoms with Gasteiger partial charge in [0.25, 0.3) is 0 Å². The summed E-state index contributed by atoms with van der Waals surface area (Å²) in [6, 6.07) is 3.98. The van der Waals surface area contributed by atoms with Crippen LogP contribution in [0.5, 0.6) is 0 Å². The minimum atomic E-state index is -3.80. The van der Waals surface area contributed by atoms with Crippen molar-refractivity contribution >= 4 is 21.7 Å². The highest BCUT2D eigenvalue weighted by atomic mass is 32.2. The normalized spacial score (nSPS) is 14.3. The summed E-state index contributed by atoms with van der Waals surface area (Å²) in [4.78, 5) is 11.1. The molecule has 3 N–H and O–H groups in total. The van der Waals surface area contributed by atoms with Crippen LogP contribution >= 0.6 is 0 Å². The Kier molecular flexibility index (Phi) is 7.02. The number of aromatic carboxylic acids is 1. The zero-order chi connectivity index (χ0) is 17.6. The average Bonchev–Trinajstić information content (AvgIpc) is 2.46. The lowest BCUT2D eigenvalue weighted by Gasteiger charge is -2.19. The van der Waals surface area contributed by atoms with E-state index in [0.29, 0.717) is 12.1 Å². The highest BCUT2D eigenvalue weighted by molar-refractivity contribution is 7.89. The van der Waals surface area contributed by atoms with Gasteiger partial charge in [0.15, 0.2) is 0 Å². The number of hydrogen-bond acceptors (Lipinski definition) is 4. The predicted molar refractivity (Wildman–Crippen MR) is 91.5 cm³/mol. The van der Waals surface area contributed by atoms with Crippen molar-refractivity contribution in [3.05, 3.63) is 23.8 Å². The molecule has 2 atom stereocenters. The number of rotatable bonds is 9. The van der Waals surface area contributed by atoms with Crippen LogP contribution in [0.4, 0.5) is 5.69 Å². The molecule has 23 heavy (non-hydrogen) atoms. The van der Waals surface area contributed by atoms with Gasteiger partial charge in [-0.15, -0.1) is 0 Å². The first kappa shape index (κ1) is 19.4. The van der Waals surface area contributed by atoms with Crippen LogP contribution < -0.4 is 10.0 Å². The number of carbonyl (C=O) groups is 1. The molecule has 0 radical (unpaired) electrons. The van der Waals surface area contributed by atoms with Gasteiger partial charge in [-0.05, 0) is 44.9 Å². The molecule has 130 valence electrons. The number of benzene rings is 1. The quantitative estimate of drug-likeness (QED) is 0.641. The molecular weight excluding hydrogens is 316 g/mol. The van der Waals surface area contributed by atoms with Gasteiger partial charge < -0.3 is 10.4 Å². The standard InChI is InChI=1S/C16H26N2O4S/c1-5-7-12(4)18-23(21,22)15-10-13(16(19)20)8-9-14(15)17-11(3)6-2/h8-12,17-18H,5-7H2,1-4H3,(H,19,20)/t11-,12-/m0/s1. The summed E-state index contributed by atoms with van der Waals surface area (Å²) in [6.07, 6.45) is 2.39. The summed E-state index contributed by atoms with van der Waals surface area (Å²) in [5.41, 5.74) is 0.365. The number of anilines is 1. The Morgan fingerprint density at radius 1 is 1.22 bits per heavy atom. The van der Waals surface area contributed by atoms with Crippen LogP contribution in [0.1, 0.15) is 57.3 Å². The molecule has 0 aliphatic rings. The summed E-state index contributed by atoms with van der Waals surface area (Å²) < 4.78 is 27.9. The maximum absolute atomic E-state index is 12.6. The van der Waals surface area contributed by atoms with Crippen LogP contribution in [0, 0.1) is 0 Å². The third kappa shape index (κ3) is 5.51. The van der Waals surface area contributed by atoms with Gasteiger partial charge in [-0.2, -0.15) is 0 Å². The second kappa shape index (κ2) is 8.31. The molecule has 0 fully saturated rings. The molecule has 6 nitrogen and oxygen atoms in total. The molecule has 1 aromatic carbocycles. The highest BCUT2D eigenvalue weighted by Crippen LogP contribution is 2.24. The van der Waals surface area contributed by atoms with E-state index in [-0.39, 0.29) is 22.5 Å². The van der Waals surface area contributed by atoms with E-state index in [9.17, 15) is 13.2 Å². The molecule has 0 bridgehead atoms. The van der Waals surface area contributed by atoms with Crippen LogP contribution in [-0.4, -0.2) is 31.6 Å². The fourth-order valence-electron chi connectivity index (χ4n) is 2.18. The molecule has 0 aromatic heterocycles. The molecule has 0 aliphatic carbocycles. The first-order valence-electron chi connectivity index (χ1n) is 7.87. The topological polar surface area (TPSA) is 95.5 Å². The largest absolute Gasteiger partial charge is 0.478 e. The van der Waals surface area contributed by atoms with E-state index in [4.69, 9.17) is 5.11 Å². The smallest absolute Gasteiger partial charge is 0.335 e. The Morgan fingerprint density at radius 2 is 1.87 bits per heavy atom. The second-order valence-corrected chi connectivity index (χ2v) is 7.46. The number of nitrogens with one attached hydrogen (secondary N) is 2. The summed E-state index contributed by atoms with van der Waals surface area (Å²) in [6.45, 7) is 7.70. The van der Waals surface area contributed by atoms with Gasteiger partial charge in [-0.1, -0.05) is 20.3 Å². The van der Waals surface area contributed by atoms with E-state index >= 15 is 0 Å². The van der Waals surface area contributed by atoms with E-state index in [1.54, 1.807) is 6.92 Å². The number of hydrogen-bond donors (Lipinski definition) is 3. The summed E-state index contributed by atoms with van der Waals surface area (Å²) in [5, 5.41) is 12.2. The minimum absolute atomic E-state index is 0.0272. The lowest BCUT2D eigenvalue weighted by molar-refractivity contribution is 0.0696. The number of sulfonamides is 1. The predicted octanol–water partition coefficient (Wildman–Crippen LogP) is 3.06. The molecule has 0 heterocycles. The maximum atomic E-state index is 12.6. The second-order valence-electron chi connectivity index (χ2n) is 5.78. The van der Waals surface area contributed by atoms with Gasteiger partial charge in [0.05, 0.1) is 11.3 Å². The van der Waals surface area contributed by atoms with Crippen molar-refractivity contribution in [2.45, 2.75) is 63.9 Å². The van der Waals surface area contributed by atoms with Crippen molar-refractivity contribution in [2.24, 2.45) is 0 Å². The molecule has 7 heteroatoms. The summed E-state index contributed by atoms with van der Waals surface area (Å²) >= 11 is 0. The molecule has 0 aliphatic heterocycles. The van der Waals surface area contributed by atoms with Crippen molar-refractivity contribution in [3.8, 4) is 0 Å². The molecular formula is C16H26N2O4S. The van der Waals surface area contributed by atoms with Gasteiger partial charge in [-0.3, -0.25) is 0 Å². The van der Waals surface area contributed by atoms with E-state index in [2.05, 4.69) is 10.0 Å². The van der Waals surface area contributed by atoms with Gasteiger partial charge >= 0.3 is 5.97 Å². The fourth-order valence-corrected chi connectivity index (χ4v) is 3.66. The third-order valence-corrected chi connectivity index (χ3v) is 5.24. The van der Waals surface area contributed by atoms with Gasteiger partial charge in [0.2, 0.25) is 10.0 Å². The molecule has 0 spiro atoms. The van der Waals surface area contributed by atoms with Crippen LogP contribution in [0.15, 0.2) is 23.1 Å². The summed E-state index contributed by atoms with van der Waals surface area (Å²) in [7, 11) is -3.80. The Balaban J connectivity index is 3.27. The van der Waals surface area contributed by atoms with Gasteiger partial charge in [-0.25, -0.2) is 17.9 Å². The van der Waals surface area contributed by atoms with Crippen LogP contribution in [0.3, 0.4) is 0 Å². The molecule has 0 unspecified atom stereocenters. The molecule has 0 saturated heterocycles. The molecule has 1 rings (SSSR count). The Morgan fingerprint density at radius 3 is 2.39 bits per heavy atom. The Bertz CT molecular complexity index is 643. The molecule has 0 saturated carbocycles. The molecule has 1 aromatic rings. The first-order valence-corrected chi connectivity index (χ1v) is 9.35. The van der Waals surface area contributed by atoms with Crippen molar-refractivity contribution in [3.63, 3.8) is 0 Å².